The minimum atomic E-state index is -0.827. The summed E-state index contributed by atoms with van der Waals surface area (Å²) in [5.41, 5.74) is 5.50. The molecule has 0 bridgehead atoms. The number of benzene rings is 1. The van der Waals surface area contributed by atoms with E-state index in [4.69, 9.17) is 5.73 Å². The maximum atomic E-state index is 14.1. The van der Waals surface area contributed by atoms with Crippen molar-refractivity contribution in [1.29, 1.82) is 0 Å². The molecule has 1 atom stereocenters. The van der Waals surface area contributed by atoms with Crippen LogP contribution in [-0.2, 0) is 0 Å². The van der Waals surface area contributed by atoms with Crippen molar-refractivity contribution < 1.29 is 18.4 Å². The third kappa shape index (κ3) is 4.17. The molecule has 3 amide bonds. The number of urea groups is 1. The molecular weight excluding hydrogens is 362 g/mol. The number of nitrogens with two attached hydrogens (primary N) is 1. The highest BCUT2D eigenvalue weighted by atomic mass is 32.1. The van der Waals surface area contributed by atoms with Gasteiger partial charge in [-0.15, -0.1) is 11.3 Å². The van der Waals surface area contributed by atoms with E-state index in [0.29, 0.717) is 11.4 Å². The van der Waals surface area contributed by atoms with E-state index in [-0.39, 0.29) is 28.1 Å². The number of halogens is 2. The van der Waals surface area contributed by atoms with Crippen LogP contribution in [0, 0.1) is 11.6 Å². The van der Waals surface area contributed by atoms with Gasteiger partial charge in [-0.2, -0.15) is 0 Å². The van der Waals surface area contributed by atoms with E-state index in [1.54, 1.807) is 0 Å². The van der Waals surface area contributed by atoms with E-state index < -0.39 is 17.7 Å². The summed E-state index contributed by atoms with van der Waals surface area (Å²) in [5.74, 6) is -1.83. The zero-order chi connectivity index (χ0) is 18.7. The second-order valence-electron chi connectivity index (χ2n) is 5.98. The number of thiophene rings is 1. The van der Waals surface area contributed by atoms with Crippen LogP contribution in [0.3, 0.4) is 0 Å². The molecule has 0 saturated carbocycles. The lowest BCUT2D eigenvalue weighted by molar-refractivity contribution is 0.0932. The molecule has 1 aliphatic rings. The van der Waals surface area contributed by atoms with Gasteiger partial charge < -0.3 is 16.4 Å². The van der Waals surface area contributed by atoms with Gasteiger partial charge >= 0.3 is 6.03 Å². The van der Waals surface area contributed by atoms with Crippen LogP contribution < -0.4 is 21.7 Å². The summed E-state index contributed by atoms with van der Waals surface area (Å²) in [6, 6.07) is 3.81. The molecular formula is C17H18F2N4O2S. The van der Waals surface area contributed by atoms with Gasteiger partial charge in [-0.05, 0) is 37.6 Å². The summed E-state index contributed by atoms with van der Waals surface area (Å²) >= 11 is 1.00. The summed E-state index contributed by atoms with van der Waals surface area (Å²) in [5, 5.41) is 8.71. The number of rotatable bonds is 4. The molecule has 138 valence electrons. The average molecular weight is 380 g/mol. The van der Waals surface area contributed by atoms with Crippen molar-refractivity contribution in [2.45, 2.75) is 18.9 Å². The van der Waals surface area contributed by atoms with Crippen LogP contribution in [-0.4, -0.2) is 31.1 Å². The topological polar surface area (TPSA) is 96.2 Å². The predicted molar refractivity (Wildman–Crippen MR) is 96.2 cm³/mol. The van der Waals surface area contributed by atoms with Crippen molar-refractivity contribution >= 4 is 28.3 Å². The van der Waals surface area contributed by atoms with Crippen molar-refractivity contribution in [2.75, 3.05) is 18.4 Å². The monoisotopic (exact) mass is 380 g/mol. The molecule has 26 heavy (non-hydrogen) atoms. The zero-order valence-corrected chi connectivity index (χ0v) is 14.6. The van der Waals surface area contributed by atoms with Gasteiger partial charge in [0.15, 0.2) is 0 Å². The number of carbonyl (C=O) groups excluding carboxylic acids is 2. The van der Waals surface area contributed by atoms with Crippen molar-refractivity contribution in [3.63, 3.8) is 0 Å². The van der Waals surface area contributed by atoms with Crippen molar-refractivity contribution in [3.05, 3.63) is 41.5 Å². The Bertz CT molecular complexity index is 834. The smallest absolute Gasteiger partial charge is 0.317 e. The molecule has 2 heterocycles. The summed E-state index contributed by atoms with van der Waals surface area (Å²) in [4.78, 5) is 24.3. The second-order valence-corrected chi connectivity index (χ2v) is 7.04. The van der Waals surface area contributed by atoms with E-state index >= 15 is 0 Å². The predicted octanol–water partition coefficient (Wildman–Crippen LogP) is 2.67. The van der Waals surface area contributed by atoms with Crippen LogP contribution in [0.1, 0.15) is 23.2 Å². The van der Waals surface area contributed by atoms with E-state index in [2.05, 4.69) is 16.0 Å². The van der Waals surface area contributed by atoms with Gasteiger partial charge in [0.1, 0.15) is 16.6 Å². The molecule has 0 unspecified atom stereocenters. The Hall–Kier alpha value is -2.52. The van der Waals surface area contributed by atoms with Gasteiger partial charge in [0.25, 0.3) is 5.91 Å². The number of carbonyl (C=O) groups is 2. The second kappa shape index (κ2) is 7.79. The number of primary amides is 1. The van der Waals surface area contributed by atoms with Crippen molar-refractivity contribution in [3.8, 4) is 10.4 Å². The van der Waals surface area contributed by atoms with Crippen LogP contribution in [0.2, 0.25) is 0 Å². The quantitative estimate of drug-likeness (QED) is 0.657. The summed E-state index contributed by atoms with van der Waals surface area (Å²) < 4.78 is 27.2. The molecule has 6 nitrogen and oxygen atoms in total. The molecule has 9 heteroatoms. The highest BCUT2D eigenvalue weighted by Crippen LogP contribution is 2.37. The van der Waals surface area contributed by atoms with E-state index in [1.807, 2.05) is 0 Å². The normalized spacial score (nSPS) is 16.9. The third-order valence-corrected chi connectivity index (χ3v) is 5.13. The number of hydrogen-bond acceptors (Lipinski definition) is 4. The van der Waals surface area contributed by atoms with Gasteiger partial charge in [0.2, 0.25) is 0 Å². The highest BCUT2D eigenvalue weighted by Gasteiger charge is 2.22. The number of hydrogen-bond donors (Lipinski definition) is 4. The zero-order valence-electron chi connectivity index (χ0n) is 13.8. The molecule has 1 saturated heterocycles. The molecule has 0 spiro atoms. The summed E-state index contributed by atoms with van der Waals surface area (Å²) in [6.45, 7) is 1.57. The van der Waals surface area contributed by atoms with Crippen molar-refractivity contribution in [1.82, 2.24) is 10.6 Å². The molecule has 1 aromatic heterocycles. The Labute approximate surface area is 152 Å². The highest BCUT2D eigenvalue weighted by molar-refractivity contribution is 7.20. The van der Waals surface area contributed by atoms with Crippen LogP contribution in [0.4, 0.5) is 18.6 Å². The van der Waals surface area contributed by atoms with Gasteiger partial charge in [-0.1, -0.05) is 0 Å². The molecule has 1 aromatic carbocycles. The molecule has 5 N–H and O–H groups in total. The molecule has 0 aliphatic carbocycles. The number of piperidine rings is 1. The minimum absolute atomic E-state index is 0.0245. The lowest BCUT2D eigenvalue weighted by atomic mass is 10.1. The van der Waals surface area contributed by atoms with Crippen LogP contribution in [0.25, 0.3) is 10.4 Å². The molecule has 1 aliphatic heterocycles. The first kappa shape index (κ1) is 18.3. The van der Waals surface area contributed by atoms with E-state index in [9.17, 15) is 18.4 Å². The fourth-order valence-corrected chi connectivity index (χ4v) is 3.91. The van der Waals surface area contributed by atoms with Crippen LogP contribution in [0.15, 0.2) is 24.3 Å². The fraction of sp³-hybridized carbons (Fsp3) is 0.294. The Kier molecular flexibility index (Phi) is 5.48. The van der Waals surface area contributed by atoms with Gasteiger partial charge in [-0.3, -0.25) is 10.1 Å². The number of nitrogens with one attached hydrogen (secondary N) is 3. The average Bonchev–Trinajstić information content (AvgIpc) is 2.98. The SMILES string of the molecule is NC(=O)Nc1sc(-c2ccc(F)cc2F)cc1C(=O)N[C@H]1CCCNC1. The maximum absolute atomic E-state index is 14.1. The molecule has 1 fully saturated rings. The first-order chi connectivity index (χ1) is 12.4. The standard InChI is InChI=1S/C17H18F2N4O2S/c18-9-3-4-11(13(19)6-9)14-7-12(16(26-14)23-17(20)25)15(24)22-10-2-1-5-21-8-10/h3-4,6-7,10,21H,1-2,5,8H2,(H,22,24)(H3,20,23,25)/t10-/m0/s1. The number of amides is 3. The lowest BCUT2D eigenvalue weighted by Gasteiger charge is -2.23. The van der Waals surface area contributed by atoms with Crippen LogP contribution >= 0.6 is 11.3 Å². The van der Waals surface area contributed by atoms with Crippen molar-refractivity contribution in [2.24, 2.45) is 5.73 Å². The molecule has 3 rings (SSSR count). The number of anilines is 1. The first-order valence-electron chi connectivity index (χ1n) is 8.11. The van der Waals surface area contributed by atoms with Gasteiger partial charge in [0.05, 0.1) is 5.56 Å². The Morgan fingerprint density at radius 2 is 2.08 bits per heavy atom. The minimum Gasteiger partial charge on any atom is -0.351 e. The van der Waals surface area contributed by atoms with Gasteiger partial charge in [0, 0.05) is 29.1 Å². The third-order valence-electron chi connectivity index (χ3n) is 4.04. The lowest BCUT2D eigenvalue weighted by Crippen LogP contribution is -2.45. The Balaban J connectivity index is 1.91. The van der Waals surface area contributed by atoms with E-state index in [0.717, 1.165) is 42.9 Å². The molecule has 2 aromatic rings. The Morgan fingerprint density at radius 3 is 2.73 bits per heavy atom. The maximum Gasteiger partial charge on any atom is 0.317 e. The first-order valence-corrected chi connectivity index (χ1v) is 8.93. The summed E-state index contributed by atoms with van der Waals surface area (Å²) in [6.07, 6.45) is 1.80. The van der Waals surface area contributed by atoms with Crippen LogP contribution in [0.5, 0.6) is 0 Å². The van der Waals surface area contributed by atoms with Gasteiger partial charge in [-0.25, -0.2) is 13.6 Å². The fourth-order valence-electron chi connectivity index (χ4n) is 2.82. The largest absolute Gasteiger partial charge is 0.351 e. The Morgan fingerprint density at radius 1 is 1.27 bits per heavy atom. The van der Waals surface area contributed by atoms with E-state index in [1.165, 1.54) is 12.1 Å². The summed E-state index contributed by atoms with van der Waals surface area (Å²) in [7, 11) is 0. The molecule has 0 radical (unpaired) electrons.